The normalized spacial score (nSPS) is 11.7. The van der Waals surface area contributed by atoms with Gasteiger partial charge in [-0.3, -0.25) is 5.73 Å². The van der Waals surface area contributed by atoms with Gasteiger partial charge in [0.2, 0.25) is 5.82 Å². The van der Waals surface area contributed by atoms with E-state index in [-0.39, 0.29) is 16.5 Å². The molecule has 0 saturated heterocycles. The third kappa shape index (κ3) is 2.04. The molecule has 0 unspecified atom stereocenters. The van der Waals surface area contributed by atoms with Crippen LogP contribution in [0.4, 0.5) is 19.0 Å². The predicted octanol–water partition coefficient (Wildman–Crippen LogP) is 2.26. The Hall–Kier alpha value is -2.38. The van der Waals surface area contributed by atoms with Gasteiger partial charge in [-0.25, -0.2) is 14.8 Å². The summed E-state index contributed by atoms with van der Waals surface area (Å²) in [4.78, 5) is 17.0. The molecule has 0 aliphatic carbocycles. The van der Waals surface area contributed by atoms with Crippen molar-refractivity contribution in [2.75, 3.05) is 0 Å². The Bertz CT molecular complexity index is 640. The summed E-state index contributed by atoms with van der Waals surface area (Å²) in [6.45, 7) is 0. The molecular formula is C10H5F3N3O2. The van der Waals surface area contributed by atoms with Crippen LogP contribution in [0.25, 0.3) is 10.9 Å². The molecule has 18 heavy (non-hydrogen) atoms. The summed E-state index contributed by atoms with van der Waals surface area (Å²) in [5.74, 6) is -3.31. The number of fused-ring (bicyclic) bond motifs is 1. The summed E-state index contributed by atoms with van der Waals surface area (Å²) in [6, 6.07) is 3.31. The predicted molar refractivity (Wildman–Crippen MR) is 54.3 cm³/mol. The lowest BCUT2D eigenvalue weighted by molar-refractivity contribution is -0.144. The second kappa shape index (κ2) is 3.83. The van der Waals surface area contributed by atoms with Crippen LogP contribution in [0.5, 0.6) is 0 Å². The SMILES string of the molecule is [NH]c1nc(C(F)(F)F)nc2ccc(C(=O)O)cc12. The third-order valence-electron chi connectivity index (χ3n) is 2.20. The molecule has 5 nitrogen and oxygen atoms in total. The van der Waals surface area contributed by atoms with E-state index in [0.29, 0.717) is 0 Å². The summed E-state index contributed by atoms with van der Waals surface area (Å²) >= 11 is 0. The molecule has 0 bridgehead atoms. The smallest absolute Gasteiger partial charge is 0.451 e. The van der Waals surface area contributed by atoms with Crippen LogP contribution in [0.3, 0.4) is 0 Å². The van der Waals surface area contributed by atoms with Gasteiger partial charge in [0, 0.05) is 5.39 Å². The average Bonchev–Trinajstić information content (AvgIpc) is 2.27. The zero-order chi connectivity index (χ0) is 13.5. The Labute approximate surface area is 98.1 Å². The molecule has 0 saturated carbocycles. The molecule has 0 aliphatic rings. The van der Waals surface area contributed by atoms with Gasteiger partial charge >= 0.3 is 12.1 Å². The number of nitrogens with one attached hydrogen (secondary N) is 1. The van der Waals surface area contributed by atoms with E-state index >= 15 is 0 Å². The zero-order valence-electron chi connectivity index (χ0n) is 8.62. The van der Waals surface area contributed by atoms with Crippen molar-refractivity contribution in [1.29, 1.82) is 0 Å². The standard InChI is InChI=1S/C10H5F3N3O2/c11-10(12,13)9-15-6-2-1-4(8(17)18)3-5(6)7(14)16-9/h1-3,14H,(H,17,18). The highest BCUT2D eigenvalue weighted by Gasteiger charge is 2.35. The lowest BCUT2D eigenvalue weighted by Crippen LogP contribution is -2.11. The van der Waals surface area contributed by atoms with E-state index in [1.807, 2.05) is 0 Å². The number of halogens is 3. The fourth-order valence-electron chi connectivity index (χ4n) is 1.39. The highest BCUT2D eigenvalue weighted by Crippen LogP contribution is 2.30. The van der Waals surface area contributed by atoms with Crippen molar-refractivity contribution in [3.05, 3.63) is 29.6 Å². The fraction of sp³-hybridized carbons (Fsp3) is 0.100. The first-order valence-electron chi connectivity index (χ1n) is 4.63. The Kier molecular flexibility index (Phi) is 2.57. The van der Waals surface area contributed by atoms with Crippen LogP contribution in [-0.4, -0.2) is 21.0 Å². The maximum Gasteiger partial charge on any atom is 0.451 e. The van der Waals surface area contributed by atoms with Crippen molar-refractivity contribution in [2.24, 2.45) is 0 Å². The Morgan fingerprint density at radius 1 is 1.28 bits per heavy atom. The van der Waals surface area contributed by atoms with Gasteiger partial charge in [0.1, 0.15) is 0 Å². The van der Waals surface area contributed by atoms with Crippen molar-refractivity contribution in [3.8, 4) is 0 Å². The second-order valence-electron chi connectivity index (χ2n) is 3.43. The van der Waals surface area contributed by atoms with Crippen LogP contribution in [0.1, 0.15) is 16.2 Å². The topological polar surface area (TPSA) is 86.9 Å². The number of aromatic carboxylic acids is 1. The minimum absolute atomic E-state index is 0.0390. The third-order valence-corrected chi connectivity index (χ3v) is 2.20. The summed E-state index contributed by atoms with van der Waals surface area (Å²) < 4.78 is 37.2. The minimum atomic E-state index is -4.74. The number of carboxylic acid groups (broad SMARTS) is 1. The van der Waals surface area contributed by atoms with Crippen LogP contribution in [-0.2, 0) is 6.18 Å². The number of carboxylic acids is 1. The molecule has 0 aliphatic heterocycles. The summed E-state index contributed by atoms with van der Waals surface area (Å²) in [6.07, 6.45) is -4.74. The van der Waals surface area contributed by atoms with Gasteiger partial charge in [0.05, 0.1) is 11.1 Å². The number of alkyl halides is 3. The number of aromatic nitrogens is 2. The van der Waals surface area contributed by atoms with Crippen LogP contribution in [0, 0.1) is 0 Å². The first-order chi connectivity index (χ1) is 8.29. The molecule has 1 radical (unpaired) electrons. The van der Waals surface area contributed by atoms with E-state index in [9.17, 15) is 18.0 Å². The van der Waals surface area contributed by atoms with E-state index in [1.54, 1.807) is 0 Å². The van der Waals surface area contributed by atoms with Crippen LogP contribution in [0.15, 0.2) is 18.2 Å². The Morgan fingerprint density at radius 2 is 1.94 bits per heavy atom. The van der Waals surface area contributed by atoms with E-state index in [4.69, 9.17) is 10.8 Å². The monoisotopic (exact) mass is 256 g/mol. The summed E-state index contributed by atoms with van der Waals surface area (Å²) in [5, 5.41) is 8.70. The number of rotatable bonds is 1. The molecular weight excluding hydrogens is 251 g/mol. The van der Waals surface area contributed by atoms with Gasteiger partial charge in [-0.1, -0.05) is 0 Å². The number of hydrogen-bond donors (Lipinski definition) is 1. The molecule has 1 heterocycles. The van der Waals surface area contributed by atoms with E-state index in [0.717, 1.165) is 18.2 Å². The maximum absolute atomic E-state index is 12.4. The Balaban J connectivity index is 2.70. The average molecular weight is 256 g/mol. The lowest BCUT2D eigenvalue weighted by Gasteiger charge is -2.07. The second-order valence-corrected chi connectivity index (χ2v) is 3.43. The zero-order valence-corrected chi connectivity index (χ0v) is 8.62. The van der Waals surface area contributed by atoms with Crippen molar-refractivity contribution in [1.82, 2.24) is 15.7 Å². The number of nitrogens with zero attached hydrogens (tertiary/aromatic N) is 2. The first-order valence-corrected chi connectivity index (χ1v) is 4.63. The van der Waals surface area contributed by atoms with E-state index < -0.39 is 23.8 Å². The van der Waals surface area contributed by atoms with Crippen molar-refractivity contribution < 1.29 is 23.1 Å². The van der Waals surface area contributed by atoms with Crippen LogP contribution < -0.4 is 5.73 Å². The lowest BCUT2D eigenvalue weighted by atomic mass is 10.1. The quantitative estimate of drug-likeness (QED) is 0.847. The number of hydrogen-bond acceptors (Lipinski definition) is 3. The minimum Gasteiger partial charge on any atom is -0.478 e. The van der Waals surface area contributed by atoms with E-state index in [1.165, 1.54) is 0 Å². The van der Waals surface area contributed by atoms with Crippen molar-refractivity contribution >= 4 is 22.7 Å². The highest BCUT2D eigenvalue weighted by atomic mass is 19.4. The van der Waals surface area contributed by atoms with Gasteiger partial charge in [-0.05, 0) is 18.2 Å². The van der Waals surface area contributed by atoms with Gasteiger partial charge in [-0.15, -0.1) is 0 Å². The van der Waals surface area contributed by atoms with Gasteiger partial charge in [-0.2, -0.15) is 13.2 Å². The summed E-state index contributed by atoms with van der Waals surface area (Å²) in [7, 11) is 0. The van der Waals surface area contributed by atoms with Crippen LogP contribution in [0.2, 0.25) is 0 Å². The molecule has 0 fully saturated rings. The van der Waals surface area contributed by atoms with Crippen LogP contribution >= 0.6 is 0 Å². The van der Waals surface area contributed by atoms with Gasteiger partial charge < -0.3 is 5.11 Å². The molecule has 2 aromatic rings. The molecule has 1 aromatic heterocycles. The largest absolute Gasteiger partial charge is 0.478 e. The van der Waals surface area contributed by atoms with Crippen molar-refractivity contribution in [3.63, 3.8) is 0 Å². The molecule has 1 aromatic carbocycles. The Morgan fingerprint density at radius 3 is 2.50 bits per heavy atom. The molecule has 93 valence electrons. The van der Waals surface area contributed by atoms with Gasteiger partial charge in [0.15, 0.2) is 5.82 Å². The summed E-state index contributed by atoms with van der Waals surface area (Å²) in [5.41, 5.74) is 7.12. The highest BCUT2D eigenvalue weighted by molar-refractivity contribution is 5.96. The van der Waals surface area contributed by atoms with Gasteiger partial charge in [0.25, 0.3) is 0 Å². The maximum atomic E-state index is 12.4. The molecule has 2 rings (SSSR count). The fourth-order valence-corrected chi connectivity index (χ4v) is 1.39. The molecule has 0 atom stereocenters. The van der Waals surface area contributed by atoms with E-state index in [2.05, 4.69) is 9.97 Å². The molecule has 0 spiro atoms. The molecule has 2 N–H and O–H groups in total. The molecule has 8 heteroatoms. The van der Waals surface area contributed by atoms with Crippen molar-refractivity contribution in [2.45, 2.75) is 6.18 Å². The molecule has 0 amide bonds. The first kappa shape index (κ1) is 12.1. The number of carbonyl (C=O) groups is 1. The number of benzene rings is 1.